The number of ether oxygens (including phenoxy) is 2. The van der Waals surface area contributed by atoms with Gasteiger partial charge in [-0.25, -0.2) is 9.78 Å². The number of carbonyl (C=O) groups excluding carboxylic acids is 2. The highest BCUT2D eigenvalue weighted by Gasteiger charge is 2.17. The topological polar surface area (TPSA) is 77.5 Å². The molecular weight excluding hydrogens is 556 g/mol. The molecule has 1 N–H and O–H groups in total. The molecule has 1 heterocycles. The minimum absolute atomic E-state index is 0.340. The van der Waals surface area contributed by atoms with E-state index in [2.05, 4.69) is 21.2 Å². The van der Waals surface area contributed by atoms with E-state index >= 15 is 0 Å². The van der Waals surface area contributed by atoms with Crippen molar-refractivity contribution in [3.05, 3.63) is 124 Å². The highest BCUT2D eigenvalue weighted by atomic mass is 79.9. The minimum Gasteiger partial charge on any atom is -0.489 e. The van der Waals surface area contributed by atoms with E-state index in [0.29, 0.717) is 34.5 Å². The van der Waals surface area contributed by atoms with E-state index in [9.17, 15) is 9.59 Å². The van der Waals surface area contributed by atoms with Crippen LogP contribution in [-0.4, -0.2) is 23.5 Å². The largest absolute Gasteiger partial charge is 0.489 e. The summed E-state index contributed by atoms with van der Waals surface area (Å²) in [5.41, 5.74) is 5.07. The van der Waals surface area contributed by atoms with Gasteiger partial charge in [-0.1, -0.05) is 64.5 Å². The zero-order valence-electron chi connectivity index (χ0n) is 21.2. The molecule has 0 saturated heterocycles. The fourth-order valence-corrected chi connectivity index (χ4v) is 4.59. The fourth-order valence-electron chi connectivity index (χ4n) is 4.12. The summed E-state index contributed by atoms with van der Waals surface area (Å²) in [7, 11) is 0. The molecule has 0 fully saturated rings. The first kappa shape index (κ1) is 26.1. The maximum absolute atomic E-state index is 13.1. The van der Waals surface area contributed by atoms with E-state index in [4.69, 9.17) is 14.5 Å². The quantitative estimate of drug-likeness (QED) is 0.194. The SMILES string of the molecule is Cc1cc(Br)ccc1NC(=O)COC(=O)c1cc(-c2ccc(OCc3ccccc3)cc2)nc2ccccc12. The molecule has 1 amide bonds. The van der Waals surface area contributed by atoms with Crippen LogP contribution in [0.25, 0.3) is 22.2 Å². The van der Waals surface area contributed by atoms with Gasteiger partial charge < -0.3 is 14.8 Å². The number of rotatable bonds is 8. The summed E-state index contributed by atoms with van der Waals surface area (Å²) in [4.78, 5) is 30.4. The van der Waals surface area contributed by atoms with Gasteiger partial charge in [0.2, 0.25) is 0 Å². The Kier molecular flexibility index (Phi) is 7.99. The third-order valence-electron chi connectivity index (χ3n) is 6.13. The van der Waals surface area contributed by atoms with Crippen molar-refractivity contribution in [1.29, 1.82) is 0 Å². The Hall–Kier alpha value is -4.49. The summed E-state index contributed by atoms with van der Waals surface area (Å²) in [6.45, 7) is 1.95. The van der Waals surface area contributed by atoms with Crippen molar-refractivity contribution in [2.75, 3.05) is 11.9 Å². The summed E-state index contributed by atoms with van der Waals surface area (Å²) in [6, 6.07) is 32.1. The smallest absolute Gasteiger partial charge is 0.339 e. The van der Waals surface area contributed by atoms with Crippen molar-refractivity contribution < 1.29 is 19.1 Å². The predicted molar refractivity (Wildman–Crippen MR) is 156 cm³/mol. The normalized spacial score (nSPS) is 10.7. The Morgan fingerprint density at radius 2 is 1.62 bits per heavy atom. The third kappa shape index (κ3) is 6.51. The summed E-state index contributed by atoms with van der Waals surface area (Å²) in [5.74, 6) is -0.283. The lowest BCUT2D eigenvalue weighted by atomic mass is 10.0. The summed E-state index contributed by atoms with van der Waals surface area (Å²) < 4.78 is 12.2. The number of carbonyl (C=O) groups is 2. The number of fused-ring (bicyclic) bond motifs is 1. The summed E-state index contributed by atoms with van der Waals surface area (Å²) in [6.07, 6.45) is 0. The van der Waals surface area contributed by atoms with Crippen LogP contribution < -0.4 is 10.1 Å². The van der Waals surface area contributed by atoms with Crippen molar-refractivity contribution in [2.24, 2.45) is 0 Å². The van der Waals surface area contributed by atoms with Crippen LogP contribution >= 0.6 is 15.9 Å². The Balaban J connectivity index is 1.31. The molecule has 5 aromatic rings. The zero-order chi connectivity index (χ0) is 27.2. The molecule has 4 aromatic carbocycles. The Morgan fingerprint density at radius 1 is 0.872 bits per heavy atom. The first-order valence-corrected chi connectivity index (χ1v) is 13.2. The number of esters is 1. The van der Waals surface area contributed by atoms with E-state index in [1.165, 1.54) is 0 Å². The first-order valence-electron chi connectivity index (χ1n) is 12.4. The molecule has 0 bridgehead atoms. The number of hydrogen-bond donors (Lipinski definition) is 1. The standard InChI is InChI=1S/C32H25BrN2O4/c1-21-17-24(33)13-16-28(21)35-31(36)20-39-32(37)27-18-30(34-29-10-6-5-9-26(27)29)23-11-14-25(15-12-23)38-19-22-7-3-2-4-8-22/h2-18H,19-20H2,1H3,(H,35,36). The Morgan fingerprint density at radius 3 is 2.38 bits per heavy atom. The van der Waals surface area contributed by atoms with Crippen molar-refractivity contribution in [1.82, 2.24) is 4.98 Å². The van der Waals surface area contributed by atoms with E-state index < -0.39 is 18.5 Å². The van der Waals surface area contributed by atoms with Crippen LogP contribution in [0.15, 0.2) is 108 Å². The number of nitrogens with zero attached hydrogens (tertiary/aromatic N) is 1. The van der Waals surface area contributed by atoms with E-state index in [1.807, 2.05) is 97.9 Å². The number of benzene rings is 4. The molecule has 0 spiro atoms. The minimum atomic E-state index is -0.597. The van der Waals surface area contributed by atoms with Gasteiger partial charge in [-0.3, -0.25) is 4.79 Å². The zero-order valence-corrected chi connectivity index (χ0v) is 22.8. The Labute approximate surface area is 234 Å². The lowest BCUT2D eigenvalue weighted by molar-refractivity contribution is -0.119. The molecule has 6 nitrogen and oxygen atoms in total. The molecule has 194 valence electrons. The van der Waals surface area contributed by atoms with Gasteiger partial charge in [-0.05, 0) is 72.6 Å². The molecule has 7 heteroatoms. The van der Waals surface area contributed by atoms with Crippen LogP contribution in [0.3, 0.4) is 0 Å². The second kappa shape index (κ2) is 11.9. The Bertz CT molecular complexity index is 1640. The number of aromatic nitrogens is 1. The average molecular weight is 581 g/mol. The van der Waals surface area contributed by atoms with E-state index in [1.54, 1.807) is 12.1 Å². The van der Waals surface area contributed by atoms with Crippen molar-refractivity contribution in [3.63, 3.8) is 0 Å². The molecule has 0 unspecified atom stereocenters. The fraction of sp³-hybridized carbons (Fsp3) is 0.0938. The van der Waals surface area contributed by atoms with Crippen LogP contribution in [-0.2, 0) is 16.1 Å². The molecule has 5 rings (SSSR count). The van der Waals surface area contributed by atoms with Crippen molar-refractivity contribution in [3.8, 4) is 17.0 Å². The van der Waals surface area contributed by atoms with Gasteiger partial charge in [0.1, 0.15) is 12.4 Å². The van der Waals surface area contributed by atoms with Crippen LogP contribution in [0.5, 0.6) is 5.75 Å². The van der Waals surface area contributed by atoms with Crippen LogP contribution in [0.1, 0.15) is 21.5 Å². The van der Waals surface area contributed by atoms with Crippen LogP contribution in [0.4, 0.5) is 5.69 Å². The molecule has 39 heavy (non-hydrogen) atoms. The monoisotopic (exact) mass is 580 g/mol. The van der Waals surface area contributed by atoms with Gasteiger partial charge in [0.15, 0.2) is 6.61 Å². The first-order chi connectivity index (χ1) is 19.0. The van der Waals surface area contributed by atoms with Gasteiger partial charge in [0, 0.05) is 21.1 Å². The maximum Gasteiger partial charge on any atom is 0.339 e. The van der Waals surface area contributed by atoms with Gasteiger partial charge in [0.25, 0.3) is 5.91 Å². The third-order valence-corrected chi connectivity index (χ3v) is 6.62. The summed E-state index contributed by atoms with van der Waals surface area (Å²) in [5, 5.41) is 3.43. The highest BCUT2D eigenvalue weighted by molar-refractivity contribution is 9.10. The highest BCUT2D eigenvalue weighted by Crippen LogP contribution is 2.27. The molecule has 0 aliphatic carbocycles. The average Bonchev–Trinajstić information content (AvgIpc) is 2.96. The molecule has 1 aromatic heterocycles. The number of halogens is 1. The van der Waals surface area contributed by atoms with Crippen molar-refractivity contribution in [2.45, 2.75) is 13.5 Å². The van der Waals surface area contributed by atoms with Gasteiger partial charge in [-0.2, -0.15) is 0 Å². The number of anilines is 1. The maximum atomic E-state index is 13.1. The van der Waals surface area contributed by atoms with E-state index in [0.717, 1.165) is 26.9 Å². The van der Waals surface area contributed by atoms with Crippen LogP contribution in [0, 0.1) is 6.92 Å². The number of para-hydroxylation sites is 1. The molecular formula is C32H25BrN2O4. The lowest BCUT2D eigenvalue weighted by Gasteiger charge is -2.12. The number of hydrogen-bond acceptors (Lipinski definition) is 5. The molecule has 0 atom stereocenters. The molecule has 0 aliphatic rings. The predicted octanol–water partition coefficient (Wildman–Crippen LogP) is 7.35. The number of aryl methyl sites for hydroxylation is 1. The second-order valence-electron chi connectivity index (χ2n) is 8.95. The number of pyridine rings is 1. The van der Waals surface area contributed by atoms with Crippen molar-refractivity contribution >= 4 is 44.4 Å². The van der Waals surface area contributed by atoms with Gasteiger partial charge >= 0.3 is 5.97 Å². The van der Waals surface area contributed by atoms with Gasteiger partial charge in [0.05, 0.1) is 16.8 Å². The molecule has 0 saturated carbocycles. The van der Waals surface area contributed by atoms with E-state index in [-0.39, 0.29) is 0 Å². The number of nitrogens with one attached hydrogen (secondary N) is 1. The molecule has 0 radical (unpaired) electrons. The second-order valence-corrected chi connectivity index (χ2v) is 9.87. The number of amides is 1. The lowest BCUT2D eigenvalue weighted by Crippen LogP contribution is -2.21. The molecule has 0 aliphatic heterocycles. The van der Waals surface area contributed by atoms with Gasteiger partial charge in [-0.15, -0.1) is 0 Å². The van der Waals surface area contributed by atoms with Crippen LogP contribution in [0.2, 0.25) is 0 Å². The summed E-state index contributed by atoms with van der Waals surface area (Å²) >= 11 is 3.41.